The van der Waals surface area contributed by atoms with E-state index in [1.54, 1.807) is 17.6 Å². The molecule has 0 spiro atoms. The van der Waals surface area contributed by atoms with Crippen molar-refractivity contribution in [1.29, 1.82) is 5.26 Å². The molecule has 0 aliphatic heterocycles. The van der Waals surface area contributed by atoms with Gasteiger partial charge in [-0.25, -0.2) is 4.79 Å². The number of carbonyl (C=O) groups is 1. The lowest BCUT2D eigenvalue weighted by Gasteiger charge is -2.06. The number of nitriles is 1. The zero-order chi connectivity index (χ0) is 13.8. The van der Waals surface area contributed by atoms with Crippen molar-refractivity contribution >= 4 is 17.1 Å². The second kappa shape index (κ2) is 5.44. The van der Waals surface area contributed by atoms with E-state index in [-0.39, 0.29) is 13.2 Å². The van der Waals surface area contributed by atoms with Gasteiger partial charge in [-0.15, -0.1) is 0 Å². The van der Waals surface area contributed by atoms with Crippen molar-refractivity contribution in [2.75, 3.05) is 6.61 Å². The maximum Gasteiger partial charge on any atom is 0.515 e. The molecule has 1 aromatic heterocycles. The van der Waals surface area contributed by atoms with E-state index in [4.69, 9.17) is 14.7 Å². The van der Waals surface area contributed by atoms with Crippen LogP contribution in [0.4, 0.5) is 4.79 Å². The average molecular weight is 258 g/mol. The summed E-state index contributed by atoms with van der Waals surface area (Å²) in [5.41, 5.74) is 1.92. The first-order valence-electron chi connectivity index (χ1n) is 5.97. The van der Waals surface area contributed by atoms with Gasteiger partial charge in [0.25, 0.3) is 0 Å². The van der Waals surface area contributed by atoms with Crippen molar-refractivity contribution < 1.29 is 14.3 Å². The smallest absolute Gasteiger partial charge is 0.434 e. The Morgan fingerprint density at radius 2 is 2.26 bits per heavy atom. The summed E-state index contributed by atoms with van der Waals surface area (Å²) in [5.74, 6) is 0.323. The van der Waals surface area contributed by atoms with E-state index < -0.39 is 6.16 Å². The van der Waals surface area contributed by atoms with E-state index in [0.29, 0.717) is 5.88 Å². The summed E-state index contributed by atoms with van der Waals surface area (Å²) >= 11 is 0. The number of hydrogen-bond donors (Lipinski definition) is 0. The van der Waals surface area contributed by atoms with Gasteiger partial charge in [0.2, 0.25) is 5.88 Å². The average Bonchev–Trinajstić information content (AvgIpc) is 2.70. The Morgan fingerprint density at radius 3 is 2.95 bits per heavy atom. The Labute approximate surface area is 111 Å². The number of aromatic nitrogens is 1. The highest BCUT2D eigenvalue weighted by atomic mass is 16.7. The minimum absolute atomic E-state index is 0.113. The van der Waals surface area contributed by atoms with Crippen molar-refractivity contribution in [2.45, 2.75) is 20.4 Å². The molecule has 2 rings (SSSR count). The molecule has 0 fully saturated rings. The normalized spacial score (nSPS) is 10.2. The molecule has 0 bridgehead atoms. The van der Waals surface area contributed by atoms with Gasteiger partial charge in [-0.2, -0.15) is 5.26 Å². The summed E-state index contributed by atoms with van der Waals surface area (Å²) < 4.78 is 11.5. The summed E-state index contributed by atoms with van der Waals surface area (Å²) in [6.45, 7) is 4.03. The second-order valence-electron chi connectivity index (χ2n) is 4.02. The number of ether oxygens (including phenoxy) is 2. The standard InChI is InChI=1S/C14H14N2O3/c1-3-18-14(17)19-13-9-11-10(2)5-4-6-12(11)16(13)8-7-15/h4-6,9H,3,8H2,1-2H3. The lowest BCUT2D eigenvalue weighted by molar-refractivity contribution is 0.101. The van der Waals surface area contributed by atoms with Crippen molar-refractivity contribution in [1.82, 2.24) is 4.57 Å². The molecule has 5 heteroatoms. The Morgan fingerprint density at radius 1 is 1.47 bits per heavy atom. The van der Waals surface area contributed by atoms with E-state index in [0.717, 1.165) is 16.5 Å². The van der Waals surface area contributed by atoms with E-state index in [9.17, 15) is 4.79 Å². The van der Waals surface area contributed by atoms with E-state index >= 15 is 0 Å². The predicted molar refractivity (Wildman–Crippen MR) is 69.9 cm³/mol. The van der Waals surface area contributed by atoms with E-state index in [2.05, 4.69) is 6.07 Å². The Kier molecular flexibility index (Phi) is 3.71. The SMILES string of the molecule is CCOC(=O)Oc1cc2c(C)cccc2n1CC#N. The molecule has 0 radical (unpaired) electrons. The second-order valence-corrected chi connectivity index (χ2v) is 4.02. The lowest BCUT2D eigenvalue weighted by Crippen LogP contribution is -2.12. The fraction of sp³-hybridized carbons (Fsp3) is 0.286. The van der Waals surface area contributed by atoms with Gasteiger partial charge >= 0.3 is 6.16 Å². The molecular weight excluding hydrogens is 244 g/mol. The third kappa shape index (κ3) is 2.52. The highest BCUT2D eigenvalue weighted by Gasteiger charge is 2.14. The van der Waals surface area contributed by atoms with E-state index in [1.165, 1.54) is 0 Å². The molecule has 0 saturated carbocycles. The van der Waals surface area contributed by atoms with Crippen LogP contribution in [0.2, 0.25) is 0 Å². The molecule has 0 aliphatic rings. The number of fused-ring (bicyclic) bond motifs is 1. The molecule has 0 saturated heterocycles. The number of rotatable bonds is 3. The van der Waals surface area contributed by atoms with Crippen LogP contribution < -0.4 is 4.74 Å². The number of benzene rings is 1. The molecule has 0 amide bonds. The first-order valence-corrected chi connectivity index (χ1v) is 5.97. The van der Waals surface area contributed by atoms with Gasteiger partial charge in [-0.05, 0) is 25.5 Å². The van der Waals surface area contributed by atoms with Crippen LogP contribution in [0, 0.1) is 18.3 Å². The number of carbonyl (C=O) groups excluding carboxylic acids is 1. The van der Waals surface area contributed by atoms with Crippen LogP contribution in [-0.4, -0.2) is 17.3 Å². The summed E-state index contributed by atoms with van der Waals surface area (Å²) in [5, 5.41) is 9.84. The van der Waals surface area contributed by atoms with Crippen molar-refractivity contribution in [3.63, 3.8) is 0 Å². The monoisotopic (exact) mass is 258 g/mol. The largest absolute Gasteiger partial charge is 0.515 e. The van der Waals surface area contributed by atoms with Gasteiger partial charge < -0.3 is 9.47 Å². The topological polar surface area (TPSA) is 64.2 Å². The Hall–Kier alpha value is -2.48. The van der Waals surface area contributed by atoms with Crippen molar-refractivity contribution in [3.8, 4) is 11.9 Å². The highest BCUT2D eigenvalue weighted by molar-refractivity contribution is 5.86. The maximum absolute atomic E-state index is 11.4. The molecule has 1 aromatic carbocycles. The van der Waals surface area contributed by atoms with Crippen LogP contribution in [-0.2, 0) is 11.3 Å². The number of nitrogens with zero attached hydrogens (tertiary/aromatic N) is 2. The molecule has 1 heterocycles. The summed E-state index contributed by atoms with van der Waals surface area (Å²) in [6.07, 6.45) is -0.762. The summed E-state index contributed by atoms with van der Waals surface area (Å²) in [6, 6.07) is 9.56. The van der Waals surface area contributed by atoms with Crippen LogP contribution in [0.25, 0.3) is 10.9 Å². The zero-order valence-electron chi connectivity index (χ0n) is 10.8. The third-order valence-corrected chi connectivity index (χ3v) is 2.80. The number of hydrogen-bond acceptors (Lipinski definition) is 4. The quantitative estimate of drug-likeness (QED) is 0.794. The van der Waals surface area contributed by atoms with Crippen LogP contribution in [0.5, 0.6) is 5.88 Å². The molecule has 0 N–H and O–H groups in total. The molecule has 0 unspecified atom stereocenters. The van der Waals surface area contributed by atoms with Gasteiger partial charge in [0.05, 0.1) is 18.2 Å². The van der Waals surface area contributed by atoms with E-state index in [1.807, 2.05) is 25.1 Å². The van der Waals surface area contributed by atoms with Crippen molar-refractivity contribution in [2.24, 2.45) is 0 Å². The molecule has 98 valence electrons. The zero-order valence-corrected chi connectivity index (χ0v) is 10.8. The Balaban J connectivity index is 2.48. The van der Waals surface area contributed by atoms with Crippen LogP contribution in [0.15, 0.2) is 24.3 Å². The van der Waals surface area contributed by atoms with Gasteiger partial charge in [0, 0.05) is 11.5 Å². The molecule has 0 aliphatic carbocycles. The van der Waals surface area contributed by atoms with Gasteiger partial charge in [0.15, 0.2) is 0 Å². The predicted octanol–water partition coefficient (Wildman–Crippen LogP) is 3.01. The Bertz CT molecular complexity index is 652. The van der Waals surface area contributed by atoms with Gasteiger partial charge in [0.1, 0.15) is 6.54 Å². The highest BCUT2D eigenvalue weighted by Crippen LogP contribution is 2.28. The van der Waals surface area contributed by atoms with Crippen molar-refractivity contribution in [3.05, 3.63) is 29.8 Å². The van der Waals surface area contributed by atoms with Crippen LogP contribution in [0.3, 0.4) is 0 Å². The number of aryl methyl sites for hydroxylation is 1. The first-order chi connectivity index (χ1) is 9.17. The minimum Gasteiger partial charge on any atom is -0.434 e. The third-order valence-electron chi connectivity index (χ3n) is 2.80. The fourth-order valence-corrected chi connectivity index (χ4v) is 1.96. The molecule has 5 nitrogen and oxygen atoms in total. The van der Waals surface area contributed by atoms with Gasteiger partial charge in [-0.1, -0.05) is 12.1 Å². The first kappa shape index (κ1) is 13.0. The minimum atomic E-state index is -0.762. The lowest BCUT2D eigenvalue weighted by atomic mass is 10.1. The molecule has 0 atom stereocenters. The van der Waals surface area contributed by atoms with Crippen LogP contribution >= 0.6 is 0 Å². The molecule has 19 heavy (non-hydrogen) atoms. The fourth-order valence-electron chi connectivity index (χ4n) is 1.96. The van der Waals surface area contributed by atoms with Gasteiger partial charge in [-0.3, -0.25) is 4.57 Å². The maximum atomic E-state index is 11.4. The molecule has 2 aromatic rings. The summed E-state index contributed by atoms with van der Waals surface area (Å²) in [7, 11) is 0. The molecular formula is C14H14N2O3. The summed E-state index contributed by atoms with van der Waals surface area (Å²) in [4.78, 5) is 11.4. The van der Waals surface area contributed by atoms with Crippen LogP contribution in [0.1, 0.15) is 12.5 Å².